The summed E-state index contributed by atoms with van der Waals surface area (Å²) in [5.74, 6) is -0.879. The summed E-state index contributed by atoms with van der Waals surface area (Å²) >= 11 is 0. The van der Waals surface area contributed by atoms with Crippen LogP contribution in [0.25, 0.3) is 0 Å². The van der Waals surface area contributed by atoms with Crippen LogP contribution in [-0.2, 0) is 28.6 Å². The largest absolute Gasteiger partial charge is 0.462 e. The maximum atomic E-state index is 12.9. The van der Waals surface area contributed by atoms with E-state index in [1.54, 1.807) is 0 Å². The van der Waals surface area contributed by atoms with Crippen molar-refractivity contribution in [2.75, 3.05) is 13.2 Å². The van der Waals surface area contributed by atoms with Gasteiger partial charge in [-0.1, -0.05) is 311 Å². The second kappa shape index (κ2) is 66.1. The molecule has 6 nitrogen and oxygen atoms in total. The van der Waals surface area contributed by atoms with Crippen LogP contribution in [0.4, 0.5) is 0 Å². The van der Waals surface area contributed by atoms with E-state index in [9.17, 15) is 14.4 Å². The molecule has 0 aliphatic carbocycles. The van der Waals surface area contributed by atoms with E-state index in [-0.39, 0.29) is 31.1 Å². The van der Waals surface area contributed by atoms with Crippen molar-refractivity contribution in [3.05, 3.63) is 85.1 Å². The van der Waals surface area contributed by atoms with E-state index < -0.39 is 6.10 Å². The Morgan fingerprint density at radius 2 is 0.526 bits per heavy atom. The summed E-state index contributed by atoms with van der Waals surface area (Å²) in [4.78, 5) is 38.4. The number of esters is 3. The van der Waals surface area contributed by atoms with Crippen LogP contribution in [0.3, 0.4) is 0 Å². The highest BCUT2D eigenvalue weighted by Crippen LogP contribution is 2.17. The fourth-order valence-corrected chi connectivity index (χ4v) is 9.63. The predicted octanol–water partition coefficient (Wildman–Crippen LogP) is 23.1. The first-order chi connectivity index (χ1) is 38.5. The molecule has 0 aromatic carbocycles. The van der Waals surface area contributed by atoms with Crippen molar-refractivity contribution in [3.8, 4) is 0 Å². The minimum atomic E-state index is -0.783. The summed E-state index contributed by atoms with van der Waals surface area (Å²) in [5.41, 5.74) is 0. The fraction of sp³-hybridized carbons (Fsp3) is 0.764. The lowest BCUT2D eigenvalue weighted by Gasteiger charge is -2.18. The molecule has 0 spiro atoms. The third-order valence-electron chi connectivity index (χ3n) is 14.6. The molecule has 0 aliphatic heterocycles. The Balaban J connectivity index is 4.28. The summed E-state index contributed by atoms with van der Waals surface area (Å²) in [6.45, 7) is 6.49. The Kier molecular flexibility index (Phi) is 63.2. The first kappa shape index (κ1) is 74.6. The molecule has 1 atom stereocenters. The van der Waals surface area contributed by atoms with Crippen LogP contribution in [0.2, 0.25) is 0 Å². The Hall–Kier alpha value is -3.41. The van der Waals surface area contributed by atoms with Crippen molar-refractivity contribution < 1.29 is 28.6 Å². The Labute approximate surface area is 484 Å². The third-order valence-corrected chi connectivity index (χ3v) is 14.6. The summed E-state index contributed by atoms with van der Waals surface area (Å²) in [7, 11) is 0. The van der Waals surface area contributed by atoms with Gasteiger partial charge in [0, 0.05) is 19.3 Å². The van der Waals surface area contributed by atoms with Crippen molar-refractivity contribution in [2.24, 2.45) is 0 Å². The fourth-order valence-electron chi connectivity index (χ4n) is 9.63. The topological polar surface area (TPSA) is 78.9 Å². The van der Waals surface area contributed by atoms with E-state index in [0.29, 0.717) is 19.3 Å². The molecule has 0 aromatic rings. The summed E-state index contributed by atoms with van der Waals surface area (Å²) in [5, 5.41) is 0. The lowest BCUT2D eigenvalue weighted by Crippen LogP contribution is -2.30. The van der Waals surface area contributed by atoms with Crippen molar-refractivity contribution in [1.29, 1.82) is 0 Å². The van der Waals surface area contributed by atoms with Crippen LogP contribution in [0.1, 0.15) is 335 Å². The average molecular weight is 1090 g/mol. The second-order valence-corrected chi connectivity index (χ2v) is 22.4. The highest BCUT2D eigenvalue weighted by atomic mass is 16.6. The number of carbonyl (C=O) groups excluding carboxylic acids is 3. The molecule has 6 heteroatoms. The van der Waals surface area contributed by atoms with E-state index in [1.165, 1.54) is 180 Å². The lowest BCUT2D eigenvalue weighted by atomic mass is 10.0. The molecular weight excluding hydrogens is 961 g/mol. The molecule has 0 saturated carbocycles. The van der Waals surface area contributed by atoms with E-state index in [1.807, 2.05) is 0 Å². The van der Waals surface area contributed by atoms with Gasteiger partial charge in [-0.2, -0.15) is 0 Å². The number of unbranched alkanes of at least 4 members (excludes halogenated alkanes) is 36. The molecule has 450 valence electrons. The normalized spacial score (nSPS) is 12.6. The van der Waals surface area contributed by atoms with Crippen molar-refractivity contribution in [2.45, 2.75) is 341 Å². The SMILES string of the molecule is CC/C=C\C/C=C\C/C=C\C/C=C\C/C=C\CCCCCCCCCCCCCC(=O)OCC(COC(=O)CCCCCCC/C=C\C/C=C\CCC)OC(=O)CCCCCCCCCCCCCCCCCCCCCC. The molecule has 0 aromatic heterocycles. The van der Waals surface area contributed by atoms with Crippen LogP contribution < -0.4 is 0 Å². The Bertz CT molecular complexity index is 1480. The zero-order valence-electron chi connectivity index (χ0n) is 51.7. The molecule has 0 amide bonds. The molecule has 0 N–H and O–H groups in total. The van der Waals surface area contributed by atoms with Gasteiger partial charge in [0.1, 0.15) is 13.2 Å². The van der Waals surface area contributed by atoms with Crippen LogP contribution in [-0.4, -0.2) is 37.2 Å². The van der Waals surface area contributed by atoms with Crippen molar-refractivity contribution in [3.63, 3.8) is 0 Å². The number of ether oxygens (including phenoxy) is 3. The number of hydrogen-bond donors (Lipinski definition) is 0. The van der Waals surface area contributed by atoms with Crippen molar-refractivity contribution >= 4 is 17.9 Å². The van der Waals surface area contributed by atoms with E-state index in [4.69, 9.17) is 14.2 Å². The average Bonchev–Trinajstić information content (AvgIpc) is 3.44. The maximum Gasteiger partial charge on any atom is 0.306 e. The molecule has 0 radical (unpaired) electrons. The Morgan fingerprint density at radius 3 is 0.833 bits per heavy atom. The highest BCUT2D eigenvalue weighted by Gasteiger charge is 2.19. The molecule has 0 bridgehead atoms. The first-order valence-corrected chi connectivity index (χ1v) is 33.6. The molecule has 0 heterocycles. The van der Waals surface area contributed by atoms with Gasteiger partial charge in [-0.05, 0) is 89.9 Å². The van der Waals surface area contributed by atoms with Gasteiger partial charge >= 0.3 is 17.9 Å². The van der Waals surface area contributed by atoms with E-state index in [0.717, 1.165) is 116 Å². The Morgan fingerprint density at radius 1 is 0.269 bits per heavy atom. The number of rotatable bonds is 61. The summed E-state index contributed by atoms with van der Waals surface area (Å²) in [6.07, 6.45) is 87.4. The highest BCUT2D eigenvalue weighted by molar-refractivity contribution is 5.71. The van der Waals surface area contributed by atoms with E-state index in [2.05, 4.69) is 106 Å². The smallest absolute Gasteiger partial charge is 0.306 e. The lowest BCUT2D eigenvalue weighted by molar-refractivity contribution is -0.167. The van der Waals surface area contributed by atoms with E-state index >= 15 is 0 Å². The quantitative estimate of drug-likeness (QED) is 0.0261. The molecule has 0 rings (SSSR count). The molecule has 0 fully saturated rings. The van der Waals surface area contributed by atoms with Crippen molar-refractivity contribution in [1.82, 2.24) is 0 Å². The van der Waals surface area contributed by atoms with Crippen LogP contribution in [0.15, 0.2) is 85.1 Å². The zero-order valence-corrected chi connectivity index (χ0v) is 51.7. The number of carbonyl (C=O) groups is 3. The molecular formula is C72H126O6. The minimum absolute atomic E-state index is 0.0794. The van der Waals surface area contributed by atoms with Gasteiger partial charge in [0.25, 0.3) is 0 Å². The number of hydrogen-bond acceptors (Lipinski definition) is 6. The van der Waals surface area contributed by atoms with Gasteiger partial charge in [0.15, 0.2) is 6.10 Å². The van der Waals surface area contributed by atoms with Gasteiger partial charge < -0.3 is 14.2 Å². The monoisotopic (exact) mass is 1090 g/mol. The van der Waals surface area contributed by atoms with Gasteiger partial charge in [-0.25, -0.2) is 0 Å². The minimum Gasteiger partial charge on any atom is -0.462 e. The third kappa shape index (κ3) is 63.4. The van der Waals surface area contributed by atoms with Gasteiger partial charge in [-0.3, -0.25) is 14.4 Å². The summed E-state index contributed by atoms with van der Waals surface area (Å²) in [6, 6.07) is 0. The van der Waals surface area contributed by atoms with Gasteiger partial charge in [-0.15, -0.1) is 0 Å². The van der Waals surface area contributed by atoms with Crippen LogP contribution in [0, 0.1) is 0 Å². The predicted molar refractivity (Wildman–Crippen MR) is 339 cm³/mol. The molecule has 78 heavy (non-hydrogen) atoms. The van der Waals surface area contributed by atoms with Crippen LogP contribution >= 0.6 is 0 Å². The first-order valence-electron chi connectivity index (χ1n) is 33.6. The standard InChI is InChI=1S/C72H126O6/c1-4-7-10-13-16-19-22-25-27-29-31-33-34-35-36-37-38-39-41-42-44-47-50-53-56-59-62-65-71(74)77-68-69(67-76-70(73)64-61-58-55-52-49-46-24-21-18-15-12-9-6-3)78-72(75)66-63-60-57-54-51-48-45-43-40-32-30-28-26-23-20-17-14-11-8-5-2/h7,10,12,15-16,19,21,24-25,27,31,33,35-36,69H,4-6,8-9,11,13-14,17-18,20,22-23,26,28-30,32,34,37-68H2,1-3H3/b10-7-,15-12-,19-16-,24-21-,27-25-,33-31-,36-35-. The number of allylic oxidation sites excluding steroid dienone is 14. The molecule has 0 saturated heterocycles. The second-order valence-electron chi connectivity index (χ2n) is 22.4. The zero-order chi connectivity index (χ0) is 56.4. The molecule has 1 unspecified atom stereocenters. The van der Waals surface area contributed by atoms with Gasteiger partial charge in [0.2, 0.25) is 0 Å². The maximum absolute atomic E-state index is 12.9. The molecule has 0 aliphatic rings. The van der Waals surface area contributed by atoms with Gasteiger partial charge in [0.05, 0.1) is 0 Å². The van der Waals surface area contributed by atoms with Crippen LogP contribution in [0.5, 0.6) is 0 Å². The summed E-state index contributed by atoms with van der Waals surface area (Å²) < 4.78 is 16.9.